The summed E-state index contributed by atoms with van der Waals surface area (Å²) in [5.41, 5.74) is 2.33. The molecule has 0 atom stereocenters. The summed E-state index contributed by atoms with van der Waals surface area (Å²) >= 11 is 0. The minimum atomic E-state index is -0.128. The number of para-hydroxylation sites is 1. The van der Waals surface area contributed by atoms with Crippen LogP contribution in [0.3, 0.4) is 0 Å². The van der Waals surface area contributed by atoms with Gasteiger partial charge in [0.05, 0.1) is 12.1 Å². The maximum absolute atomic E-state index is 11.4. The molecule has 22 heavy (non-hydrogen) atoms. The third-order valence-electron chi connectivity index (χ3n) is 3.64. The zero-order valence-electron chi connectivity index (χ0n) is 12.6. The maximum atomic E-state index is 11.4. The number of aryl methyl sites for hydroxylation is 1. The van der Waals surface area contributed by atoms with Crippen LogP contribution in [-0.2, 0) is 16.0 Å². The zero-order chi connectivity index (χ0) is 15.4. The Bertz CT molecular complexity index is 759. The fourth-order valence-electron chi connectivity index (χ4n) is 2.67. The van der Waals surface area contributed by atoms with Crippen LogP contribution >= 0.6 is 0 Å². The molecule has 0 aliphatic heterocycles. The molecule has 2 aromatic heterocycles. The van der Waals surface area contributed by atoms with E-state index in [1.54, 1.807) is 6.20 Å². The first-order chi connectivity index (χ1) is 10.8. The van der Waals surface area contributed by atoms with Crippen LogP contribution in [0, 0.1) is 0 Å². The fraction of sp³-hybridized carbons (Fsp3) is 0.294. The van der Waals surface area contributed by atoms with Gasteiger partial charge < -0.3 is 9.72 Å². The Morgan fingerprint density at radius 1 is 1.36 bits per heavy atom. The van der Waals surface area contributed by atoms with E-state index in [4.69, 9.17) is 4.74 Å². The van der Waals surface area contributed by atoms with Crippen LogP contribution in [-0.4, -0.2) is 27.1 Å². The molecule has 3 aromatic rings. The summed E-state index contributed by atoms with van der Waals surface area (Å²) in [4.78, 5) is 18.9. The van der Waals surface area contributed by atoms with Gasteiger partial charge in [-0.2, -0.15) is 0 Å². The molecule has 0 fully saturated rings. The van der Waals surface area contributed by atoms with Crippen molar-refractivity contribution in [2.75, 3.05) is 6.61 Å². The number of aromatic nitrogens is 3. The molecular weight excluding hydrogens is 278 g/mol. The average Bonchev–Trinajstić information content (AvgIpc) is 3.15. The quantitative estimate of drug-likeness (QED) is 0.711. The number of carbonyl (C=O) groups is 1. The van der Waals surface area contributed by atoms with Crippen molar-refractivity contribution in [3.63, 3.8) is 0 Å². The van der Waals surface area contributed by atoms with Gasteiger partial charge in [0, 0.05) is 30.4 Å². The molecule has 1 N–H and O–H groups in total. The van der Waals surface area contributed by atoms with Crippen molar-refractivity contribution < 1.29 is 9.53 Å². The number of aromatic amines is 1. The molecule has 0 spiro atoms. The summed E-state index contributed by atoms with van der Waals surface area (Å²) in [6.45, 7) is 2.27. The van der Waals surface area contributed by atoms with Crippen LogP contribution in [0.2, 0.25) is 0 Å². The van der Waals surface area contributed by atoms with Crippen LogP contribution in [0.5, 0.6) is 0 Å². The predicted molar refractivity (Wildman–Crippen MR) is 85.0 cm³/mol. The van der Waals surface area contributed by atoms with Crippen LogP contribution in [0.15, 0.2) is 42.9 Å². The molecule has 0 unspecified atom stereocenters. The van der Waals surface area contributed by atoms with Gasteiger partial charge in [-0.15, -0.1) is 0 Å². The van der Waals surface area contributed by atoms with Gasteiger partial charge in [-0.05, 0) is 31.4 Å². The molecule has 0 amide bonds. The Balaban J connectivity index is 1.83. The number of imidazole rings is 1. The van der Waals surface area contributed by atoms with Gasteiger partial charge in [-0.3, -0.25) is 9.36 Å². The molecule has 0 aliphatic rings. The lowest BCUT2D eigenvalue weighted by atomic mass is 10.1. The van der Waals surface area contributed by atoms with Crippen molar-refractivity contribution in [2.45, 2.75) is 26.2 Å². The van der Waals surface area contributed by atoms with Gasteiger partial charge >= 0.3 is 5.97 Å². The standard InChI is InChI=1S/C17H19N3O2/c1-2-22-16(21)9-5-6-13-12-20(17-18-10-11-19-17)15-8-4-3-7-14(13)15/h3-4,7-8,10-12H,2,5-6,9H2,1H3,(H,18,19). The topological polar surface area (TPSA) is 59.9 Å². The molecule has 0 saturated heterocycles. The van der Waals surface area contributed by atoms with E-state index >= 15 is 0 Å². The van der Waals surface area contributed by atoms with Crippen LogP contribution in [0.1, 0.15) is 25.3 Å². The highest BCUT2D eigenvalue weighted by molar-refractivity contribution is 5.85. The monoisotopic (exact) mass is 297 g/mol. The average molecular weight is 297 g/mol. The fourth-order valence-corrected chi connectivity index (χ4v) is 2.67. The van der Waals surface area contributed by atoms with E-state index in [0.717, 1.165) is 24.3 Å². The second-order valence-electron chi connectivity index (χ2n) is 5.11. The summed E-state index contributed by atoms with van der Waals surface area (Å²) in [6.07, 6.45) is 7.72. The van der Waals surface area contributed by atoms with Crippen LogP contribution in [0.4, 0.5) is 0 Å². The Morgan fingerprint density at radius 2 is 2.23 bits per heavy atom. The Labute approximate surface area is 128 Å². The van der Waals surface area contributed by atoms with E-state index in [2.05, 4.69) is 32.9 Å². The van der Waals surface area contributed by atoms with E-state index in [-0.39, 0.29) is 5.97 Å². The third-order valence-corrected chi connectivity index (χ3v) is 3.64. The summed E-state index contributed by atoms with van der Waals surface area (Å²) in [6, 6.07) is 8.23. The highest BCUT2D eigenvalue weighted by Crippen LogP contribution is 2.24. The van der Waals surface area contributed by atoms with Gasteiger partial charge in [-0.25, -0.2) is 4.98 Å². The third kappa shape index (κ3) is 2.88. The number of nitrogens with one attached hydrogen (secondary N) is 1. The number of carbonyl (C=O) groups excluding carboxylic acids is 1. The van der Waals surface area contributed by atoms with Gasteiger partial charge in [0.15, 0.2) is 0 Å². The number of ether oxygens (including phenoxy) is 1. The minimum absolute atomic E-state index is 0.128. The maximum Gasteiger partial charge on any atom is 0.305 e. The van der Waals surface area contributed by atoms with Crippen LogP contribution in [0.25, 0.3) is 16.9 Å². The molecule has 0 radical (unpaired) electrons. The number of esters is 1. The normalized spacial score (nSPS) is 11.0. The first-order valence-electron chi connectivity index (χ1n) is 7.54. The van der Waals surface area contributed by atoms with Gasteiger partial charge in [-0.1, -0.05) is 18.2 Å². The summed E-state index contributed by atoms with van der Waals surface area (Å²) in [5.74, 6) is 0.671. The van der Waals surface area contributed by atoms with E-state index in [9.17, 15) is 4.79 Å². The van der Waals surface area contributed by atoms with E-state index in [1.165, 1.54) is 10.9 Å². The number of benzene rings is 1. The lowest BCUT2D eigenvalue weighted by Crippen LogP contribution is -2.03. The molecular formula is C17H19N3O2. The minimum Gasteiger partial charge on any atom is -0.466 e. The van der Waals surface area contributed by atoms with Crippen molar-refractivity contribution >= 4 is 16.9 Å². The Kier molecular flexibility index (Phi) is 4.23. The number of rotatable bonds is 6. The molecule has 2 heterocycles. The predicted octanol–water partition coefficient (Wildman–Crippen LogP) is 3.24. The molecule has 1 aromatic carbocycles. The van der Waals surface area contributed by atoms with Crippen molar-refractivity contribution in [1.29, 1.82) is 0 Å². The number of nitrogens with zero attached hydrogens (tertiary/aromatic N) is 2. The molecule has 0 aliphatic carbocycles. The van der Waals surface area contributed by atoms with Crippen molar-refractivity contribution in [3.05, 3.63) is 48.4 Å². The number of hydrogen-bond acceptors (Lipinski definition) is 3. The number of H-pyrrole nitrogens is 1. The number of hydrogen-bond donors (Lipinski definition) is 1. The molecule has 3 rings (SSSR count). The summed E-state index contributed by atoms with van der Waals surface area (Å²) < 4.78 is 7.02. The number of fused-ring (bicyclic) bond motifs is 1. The largest absolute Gasteiger partial charge is 0.466 e. The first-order valence-corrected chi connectivity index (χ1v) is 7.54. The Hall–Kier alpha value is -2.56. The molecule has 5 heteroatoms. The second kappa shape index (κ2) is 6.47. The van der Waals surface area contributed by atoms with Crippen molar-refractivity contribution in [3.8, 4) is 5.95 Å². The smallest absolute Gasteiger partial charge is 0.305 e. The SMILES string of the molecule is CCOC(=O)CCCc1cn(-c2ncc[nH]2)c2ccccc12. The first kappa shape index (κ1) is 14.4. The molecule has 0 bridgehead atoms. The lowest BCUT2D eigenvalue weighted by Gasteiger charge is -2.01. The van der Waals surface area contributed by atoms with E-state index in [1.807, 2.05) is 25.3 Å². The highest BCUT2D eigenvalue weighted by atomic mass is 16.5. The highest BCUT2D eigenvalue weighted by Gasteiger charge is 2.11. The summed E-state index contributed by atoms with van der Waals surface area (Å²) in [7, 11) is 0. The molecule has 5 nitrogen and oxygen atoms in total. The zero-order valence-corrected chi connectivity index (χ0v) is 12.6. The van der Waals surface area contributed by atoms with Crippen molar-refractivity contribution in [1.82, 2.24) is 14.5 Å². The molecule has 114 valence electrons. The van der Waals surface area contributed by atoms with E-state index in [0.29, 0.717) is 13.0 Å². The Morgan fingerprint density at radius 3 is 3.00 bits per heavy atom. The lowest BCUT2D eigenvalue weighted by molar-refractivity contribution is -0.143. The van der Waals surface area contributed by atoms with Crippen molar-refractivity contribution in [2.24, 2.45) is 0 Å². The second-order valence-corrected chi connectivity index (χ2v) is 5.11. The van der Waals surface area contributed by atoms with Crippen LogP contribution < -0.4 is 0 Å². The van der Waals surface area contributed by atoms with Gasteiger partial charge in [0.25, 0.3) is 0 Å². The van der Waals surface area contributed by atoms with Gasteiger partial charge in [0.2, 0.25) is 5.95 Å². The summed E-state index contributed by atoms with van der Waals surface area (Å²) in [5, 5.41) is 1.20. The molecule has 0 saturated carbocycles. The van der Waals surface area contributed by atoms with E-state index < -0.39 is 0 Å². The van der Waals surface area contributed by atoms with Gasteiger partial charge in [0.1, 0.15) is 0 Å².